The molecule has 0 saturated heterocycles. The first-order valence-electron chi connectivity index (χ1n) is 8.84. The summed E-state index contributed by atoms with van der Waals surface area (Å²) in [5.41, 5.74) is 0. The van der Waals surface area contributed by atoms with Gasteiger partial charge >= 0.3 is 5.97 Å². The number of hydrogen-bond donors (Lipinski definition) is 1. The van der Waals surface area contributed by atoms with Crippen molar-refractivity contribution in [2.45, 2.75) is 62.1 Å². The van der Waals surface area contributed by atoms with Crippen LogP contribution in [0.2, 0.25) is 0 Å². The van der Waals surface area contributed by atoms with Crippen LogP contribution in [0.5, 0.6) is 11.5 Å². The van der Waals surface area contributed by atoms with Gasteiger partial charge in [-0.2, -0.15) is 0 Å². The van der Waals surface area contributed by atoms with Gasteiger partial charge in [-0.15, -0.1) is 0 Å². The molecular formula is C19H28Cl2O4. The number of rotatable bonds is 14. The molecule has 0 spiro atoms. The maximum Gasteiger partial charge on any atom is 0.340 e. The number of methoxy groups -OCH3 is 1. The number of ether oxygens (including phenoxy) is 2. The van der Waals surface area contributed by atoms with E-state index in [1.165, 1.54) is 12.8 Å². The molecule has 4 nitrogen and oxygen atoms in total. The Kier molecular flexibility index (Phi) is 10.7. The van der Waals surface area contributed by atoms with E-state index < -0.39 is 10.3 Å². The summed E-state index contributed by atoms with van der Waals surface area (Å²) >= 11 is 11.4. The lowest BCUT2D eigenvalue weighted by Crippen LogP contribution is -2.25. The number of hydrogen-bond acceptors (Lipinski definition) is 3. The lowest BCUT2D eigenvalue weighted by Gasteiger charge is -2.13. The van der Waals surface area contributed by atoms with Crippen molar-refractivity contribution in [1.29, 1.82) is 0 Å². The monoisotopic (exact) mass is 390 g/mol. The lowest BCUT2D eigenvalue weighted by atomic mass is 10.1. The third kappa shape index (κ3) is 9.81. The fourth-order valence-electron chi connectivity index (χ4n) is 2.48. The summed E-state index contributed by atoms with van der Waals surface area (Å²) in [6, 6.07) is 7.62. The van der Waals surface area contributed by atoms with Crippen LogP contribution in [0.15, 0.2) is 24.3 Å². The molecule has 0 aliphatic carbocycles. The second kappa shape index (κ2) is 12.3. The third-order valence-corrected chi connectivity index (χ3v) is 4.73. The maximum absolute atomic E-state index is 10.8. The van der Waals surface area contributed by atoms with Gasteiger partial charge in [-0.05, 0) is 43.5 Å². The topological polar surface area (TPSA) is 55.8 Å². The zero-order chi connectivity index (χ0) is 18.5. The molecule has 1 N–H and O–H groups in total. The van der Waals surface area contributed by atoms with Crippen LogP contribution in [-0.4, -0.2) is 29.1 Å². The van der Waals surface area contributed by atoms with E-state index in [0.29, 0.717) is 6.42 Å². The van der Waals surface area contributed by atoms with Gasteiger partial charge in [0.2, 0.25) is 4.33 Å². The molecule has 25 heavy (non-hydrogen) atoms. The van der Waals surface area contributed by atoms with E-state index in [-0.39, 0.29) is 0 Å². The van der Waals surface area contributed by atoms with Crippen LogP contribution in [0, 0.1) is 0 Å². The first-order chi connectivity index (χ1) is 12.0. The Labute approximate surface area is 160 Å². The maximum atomic E-state index is 10.8. The average molecular weight is 391 g/mol. The molecule has 0 radical (unpaired) electrons. The number of carbonyl (C=O) groups is 1. The Morgan fingerprint density at radius 1 is 0.920 bits per heavy atom. The molecule has 1 aromatic rings. The third-order valence-electron chi connectivity index (χ3n) is 4.03. The molecule has 0 unspecified atom stereocenters. The number of carboxylic acid groups (broad SMARTS) is 1. The van der Waals surface area contributed by atoms with Gasteiger partial charge in [-0.3, -0.25) is 0 Å². The van der Waals surface area contributed by atoms with Crippen molar-refractivity contribution in [3.63, 3.8) is 0 Å². The molecular weight excluding hydrogens is 363 g/mol. The minimum Gasteiger partial charge on any atom is -0.497 e. The lowest BCUT2D eigenvalue weighted by molar-refractivity contribution is -0.138. The zero-order valence-corrected chi connectivity index (χ0v) is 16.3. The number of aliphatic carboxylic acids is 1. The molecule has 0 atom stereocenters. The second-order valence-corrected chi connectivity index (χ2v) is 7.60. The Hall–Kier alpha value is -1.13. The van der Waals surface area contributed by atoms with Crippen molar-refractivity contribution in [2.75, 3.05) is 13.7 Å². The molecule has 0 saturated carbocycles. The van der Waals surface area contributed by atoms with Crippen LogP contribution >= 0.6 is 23.2 Å². The Morgan fingerprint density at radius 2 is 1.40 bits per heavy atom. The van der Waals surface area contributed by atoms with Crippen molar-refractivity contribution in [2.24, 2.45) is 0 Å². The smallest absolute Gasteiger partial charge is 0.340 e. The number of carboxylic acids is 1. The van der Waals surface area contributed by atoms with E-state index in [2.05, 4.69) is 0 Å². The van der Waals surface area contributed by atoms with Gasteiger partial charge in [-0.25, -0.2) is 4.79 Å². The molecule has 0 fully saturated rings. The number of alkyl halides is 2. The largest absolute Gasteiger partial charge is 0.497 e. The Morgan fingerprint density at radius 3 is 1.92 bits per heavy atom. The molecule has 0 bridgehead atoms. The second-order valence-electron chi connectivity index (χ2n) is 6.11. The predicted octanol–water partition coefficient (Wildman–Crippen LogP) is 5.84. The standard InChI is InChI=1S/C19H28Cl2O4/c1-24-16-10-12-17(13-11-16)25-15-9-7-5-3-2-4-6-8-14-19(20,21)18(22)23/h10-13H,2-9,14-15H2,1H3,(H,22,23). The number of halogens is 2. The van der Waals surface area contributed by atoms with Gasteiger partial charge in [0, 0.05) is 0 Å². The molecule has 0 aliphatic heterocycles. The molecule has 0 heterocycles. The van der Waals surface area contributed by atoms with Crippen molar-refractivity contribution in [3.05, 3.63) is 24.3 Å². The van der Waals surface area contributed by atoms with Crippen LogP contribution in [0.25, 0.3) is 0 Å². The van der Waals surface area contributed by atoms with Crippen molar-refractivity contribution >= 4 is 29.2 Å². The fourth-order valence-corrected chi connectivity index (χ4v) is 2.75. The summed E-state index contributed by atoms with van der Waals surface area (Å²) in [7, 11) is 1.65. The number of benzene rings is 1. The minimum atomic E-state index is -1.64. The van der Waals surface area contributed by atoms with Gasteiger partial charge in [0.25, 0.3) is 0 Å². The average Bonchev–Trinajstić information content (AvgIpc) is 2.60. The van der Waals surface area contributed by atoms with Crippen molar-refractivity contribution < 1.29 is 19.4 Å². The van der Waals surface area contributed by atoms with Gasteiger partial charge in [0.05, 0.1) is 13.7 Å². The van der Waals surface area contributed by atoms with Crippen LogP contribution in [-0.2, 0) is 4.79 Å². The molecule has 6 heteroatoms. The van der Waals surface area contributed by atoms with E-state index in [1.807, 2.05) is 24.3 Å². The summed E-state index contributed by atoms with van der Waals surface area (Å²) in [5.74, 6) is 0.544. The zero-order valence-electron chi connectivity index (χ0n) is 14.8. The molecule has 0 amide bonds. The van der Waals surface area contributed by atoms with Gasteiger partial charge in [0.15, 0.2) is 0 Å². The van der Waals surface area contributed by atoms with Crippen LogP contribution < -0.4 is 9.47 Å². The van der Waals surface area contributed by atoms with Crippen LogP contribution in [0.1, 0.15) is 57.8 Å². The first-order valence-corrected chi connectivity index (χ1v) is 9.59. The van der Waals surface area contributed by atoms with Crippen molar-refractivity contribution in [3.8, 4) is 11.5 Å². The summed E-state index contributed by atoms with van der Waals surface area (Å²) in [6.07, 6.45) is 8.84. The molecule has 0 aromatic heterocycles. The molecule has 1 rings (SSSR count). The van der Waals surface area contributed by atoms with E-state index >= 15 is 0 Å². The summed E-state index contributed by atoms with van der Waals surface area (Å²) in [6.45, 7) is 0.731. The fraction of sp³-hybridized carbons (Fsp3) is 0.632. The van der Waals surface area contributed by atoms with Gasteiger partial charge < -0.3 is 14.6 Å². The van der Waals surface area contributed by atoms with Crippen LogP contribution in [0.4, 0.5) is 0 Å². The highest BCUT2D eigenvalue weighted by Gasteiger charge is 2.32. The SMILES string of the molecule is COc1ccc(OCCCCCCCCCCC(Cl)(Cl)C(=O)O)cc1. The summed E-state index contributed by atoms with van der Waals surface area (Å²) in [4.78, 5) is 10.8. The van der Waals surface area contributed by atoms with E-state index in [4.69, 9.17) is 37.8 Å². The van der Waals surface area contributed by atoms with E-state index in [0.717, 1.165) is 56.6 Å². The predicted molar refractivity (Wildman–Crippen MR) is 102 cm³/mol. The quantitative estimate of drug-likeness (QED) is 0.320. The summed E-state index contributed by atoms with van der Waals surface area (Å²) < 4.78 is 9.16. The minimum absolute atomic E-state index is 0.300. The van der Waals surface area contributed by atoms with E-state index in [1.54, 1.807) is 7.11 Å². The Balaban J connectivity index is 1.91. The van der Waals surface area contributed by atoms with Crippen LogP contribution in [0.3, 0.4) is 0 Å². The molecule has 0 aliphatic rings. The highest BCUT2D eigenvalue weighted by atomic mass is 35.5. The molecule has 142 valence electrons. The highest BCUT2D eigenvalue weighted by molar-refractivity contribution is 6.57. The normalized spacial score (nSPS) is 11.3. The summed E-state index contributed by atoms with van der Waals surface area (Å²) in [5, 5.41) is 8.80. The Bertz CT molecular complexity index is 489. The van der Waals surface area contributed by atoms with Crippen molar-refractivity contribution in [1.82, 2.24) is 0 Å². The molecule has 1 aromatic carbocycles. The van der Waals surface area contributed by atoms with E-state index in [9.17, 15) is 4.79 Å². The van der Waals surface area contributed by atoms with Gasteiger partial charge in [-0.1, -0.05) is 61.7 Å². The number of unbranched alkanes of at least 4 members (excludes halogenated alkanes) is 7. The highest BCUT2D eigenvalue weighted by Crippen LogP contribution is 2.28. The first kappa shape index (κ1) is 21.9. The van der Waals surface area contributed by atoms with Gasteiger partial charge in [0.1, 0.15) is 11.5 Å².